The molecular formula is C15H14N2O3. The van der Waals surface area contributed by atoms with Crippen LogP contribution in [0.1, 0.15) is 17.2 Å². The third-order valence-corrected chi connectivity index (χ3v) is 3.37. The van der Waals surface area contributed by atoms with Crippen molar-refractivity contribution in [2.24, 2.45) is 0 Å². The maximum Gasteiger partial charge on any atom is 0.269 e. The van der Waals surface area contributed by atoms with Crippen molar-refractivity contribution >= 4 is 5.69 Å². The van der Waals surface area contributed by atoms with Crippen molar-refractivity contribution in [3.05, 3.63) is 69.8 Å². The summed E-state index contributed by atoms with van der Waals surface area (Å²) in [5.41, 5.74) is 2.47. The lowest BCUT2D eigenvalue weighted by atomic mass is 9.99. The van der Waals surface area contributed by atoms with Crippen LogP contribution in [0.25, 0.3) is 0 Å². The molecule has 3 rings (SSSR count). The fourth-order valence-electron chi connectivity index (χ4n) is 2.37. The smallest absolute Gasteiger partial charge is 0.269 e. The molecule has 2 aromatic rings. The fourth-order valence-corrected chi connectivity index (χ4v) is 2.37. The van der Waals surface area contributed by atoms with E-state index in [9.17, 15) is 10.1 Å². The number of hydrogen-bond donors (Lipinski definition) is 1. The summed E-state index contributed by atoms with van der Waals surface area (Å²) in [6.07, 6.45) is -0.0681. The van der Waals surface area contributed by atoms with Crippen LogP contribution in [0.15, 0.2) is 48.5 Å². The van der Waals surface area contributed by atoms with Crippen molar-refractivity contribution in [3.8, 4) is 5.75 Å². The summed E-state index contributed by atoms with van der Waals surface area (Å²) in [7, 11) is 0. The summed E-state index contributed by atoms with van der Waals surface area (Å²) in [6.45, 7) is 1.57. The quantitative estimate of drug-likeness (QED) is 0.688. The molecule has 0 saturated heterocycles. The summed E-state index contributed by atoms with van der Waals surface area (Å²) in [5.74, 6) is 0.638. The molecule has 1 unspecified atom stereocenters. The first kappa shape index (κ1) is 12.6. The maximum absolute atomic E-state index is 10.6. The molecule has 2 aromatic carbocycles. The second-order valence-corrected chi connectivity index (χ2v) is 4.69. The predicted octanol–water partition coefficient (Wildman–Crippen LogP) is 2.82. The average Bonchev–Trinajstić information content (AvgIpc) is 2.48. The molecule has 0 amide bonds. The van der Waals surface area contributed by atoms with E-state index in [0.29, 0.717) is 5.75 Å². The average molecular weight is 270 g/mol. The molecule has 1 aliphatic rings. The summed E-state index contributed by atoms with van der Waals surface area (Å²) in [5, 5.41) is 13.9. The number of hydrogen-bond acceptors (Lipinski definition) is 4. The van der Waals surface area contributed by atoms with Gasteiger partial charge in [0.1, 0.15) is 11.9 Å². The molecule has 0 bridgehead atoms. The lowest BCUT2D eigenvalue weighted by Crippen LogP contribution is -2.31. The van der Waals surface area contributed by atoms with Crippen molar-refractivity contribution in [1.29, 1.82) is 0 Å². The number of rotatable bonds is 3. The topological polar surface area (TPSA) is 64.4 Å². The SMILES string of the molecule is O=[N+]([O-])c1ccc(OC2CNCc3ccccc32)cc1. The number of fused-ring (bicyclic) bond motifs is 1. The van der Waals surface area contributed by atoms with E-state index >= 15 is 0 Å². The Labute approximate surface area is 116 Å². The first-order chi connectivity index (χ1) is 9.74. The van der Waals surface area contributed by atoms with Crippen LogP contribution < -0.4 is 10.1 Å². The molecule has 0 aliphatic carbocycles. The van der Waals surface area contributed by atoms with E-state index in [1.165, 1.54) is 23.3 Å². The highest BCUT2D eigenvalue weighted by atomic mass is 16.6. The van der Waals surface area contributed by atoms with E-state index in [1.807, 2.05) is 12.1 Å². The van der Waals surface area contributed by atoms with Gasteiger partial charge in [-0.2, -0.15) is 0 Å². The fraction of sp³-hybridized carbons (Fsp3) is 0.200. The molecule has 5 nitrogen and oxygen atoms in total. The van der Waals surface area contributed by atoms with Gasteiger partial charge in [-0.25, -0.2) is 0 Å². The third-order valence-electron chi connectivity index (χ3n) is 3.37. The molecule has 5 heteroatoms. The lowest BCUT2D eigenvalue weighted by Gasteiger charge is -2.27. The maximum atomic E-state index is 10.6. The summed E-state index contributed by atoms with van der Waals surface area (Å²) in [4.78, 5) is 10.2. The van der Waals surface area contributed by atoms with E-state index < -0.39 is 4.92 Å². The normalized spacial score (nSPS) is 17.3. The monoisotopic (exact) mass is 270 g/mol. The van der Waals surface area contributed by atoms with Crippen LogP contribution in [-0.2, 0) is 6.54 Å². The Hall–Kier alpha value is -2.40. The first-order valence-corrected chi connectivity index (χ1v) is 6.43. The van der Waals surface area contributed by atoms with Crippen molar-refractivity contribution < 1.29 is 9.66 Å². The Kier molecular flexibility index (Phi) is 3.35. The first-order valence-electron chi connectivity index (χ1n) is 6.43. The Balaban J connectivity index is 1.80. The molecule has 0 spiro atoms. The summed E-state index contributed by atoms with van der Waals surface area (Å²) >= 11 is 0. The zero-order valence-electron chi connectivity index (χ0n) is 10.8. The van der Waals surface area contributed by atoms with Crippen molar-refractivity contribution in [2.75, 3.05) is 6.54 Å². The molecule has 0 radical (unpaired) electrons. The van der Waals surface area contributed by atoms with Gasteiger partial charge in [0.05, 0.1) is 4.92 Å². The second-order valence-electron chi connectivity index (χ2n) is 4.69. The van der Waals surface area contributed by atoms with Crippen LogP contribution >= 0.6 is 0 Å². The van der Waals surface area contributed by atoms with E-state index in [0.717, 1.165) is 13.1 Å². The van der Waals surface area contributed by atoms with Gasteiger partial charge in [0.2, 0.25) is 0 Å². The highest BCUT2D eigenvalue weighted by Crippen LogP contribution is 2.28. The lowest BCUT2D eigenvalue weighted by molar-refractivity contribution is -0.384. The van der Waals surface area contributed by atoms with Gasteiger partial charge in [0.25, 0.3) is 5.69 Å². The largest absolute Gasteiger partial charge is 0.484 e. The van der Waals surface area contributed by atoms with E-state index in [2.05, 4.69) is 17.4 Å². The highest BCUT2D eigenvalue weighted by Gasteiger charge is 2.21. The zero-order chi connectivity index (χ0) is 13.9. The molecule has 1 aliphatic heterocycles. The van der Waals surface area contributed by atoms with Crippen LogP contribution in [-0.4, -0.2) is 11.5 Å². The van der Waals surface area contributed by atoms with Gasteiger partial charge < -0.3 is 10.1 Å². The van der Waals surface area contributed by atoms with Crippen LogP contribution in [0, 0.1) is 10.1 Å². The number of nitro benzene ring substituents is 1. The van der Waals surface area contributed by atoms with Crippen LogP contribution in [0.3, 0.4) is 0 Å². The molecule has 0 saturated carbocycles. The van der Waals surface area contributed by atoms with E-state index in [4.69, 9.17) is 4.74 Å². The number of non-ortho nitro benzene ring substituents is 1. The molecule has 1 N–H and O–H groups in total. The third kappa shape index (κ3) is 2.48. The minimum Gasteiger partial charge on any atom is -0.484 e. The summed E-state index contributed by atoms with van der Waals surface area (Å²) < 4.78 is 5.93. The van der Waals surface area contributed by atoms with Gasteiger partial charge in [0.15, 0.2) is 0 Å². The van der Waals surface area contributed by atoms with Gasteiger partial charge >= 0.3 is 0 Å². The Morgan fingerprint density at radius 3 is 2.65 bits per heavy atom. The number of ether oxygens (including phenoxy) is 1. The van der Waals surface area contributed by atoms with Crippen molar-refractivity contribution in [2.45, 2.75) is 12.6 Å². The molecular weight excluding hydrogens is 256 g/mol. The molecule has 0 fully saturated rings. The Morgan fingerprint density at radius 1 is 1.15 bits per heavy atom. The minimum atomic E-state index is -0.415. The molecule has 102 valence electrons. The van der Waals surface area contributed by atoms with Crippen molar-refractivity contribution in [1.82, 2.24) is 5.32 Å². The molecule has 0 aromatic heterocycles. The van der Waals surface area contributed by atoms with Crippen molar-refractivity contribution in [3.63, 3.8) is 0 Å². The van der Waals surface area contributed by atoms with Gasteiger partial charge in [-0.1, -0.05) is 24.3 Å². The van der Waals surface area contributed by atoms with Gasteiger partial charge in [-0.3, -0.25) is 10.1 Å². The van der Waals surface area contributed by atoms with Crippen LogP contribution in [0.4, 0.5) is 5.69 Å². The van der Waals surface area contributed by atoms with Gasteiger partial charge in [0, 0.05) is 25.2 Å². The zero-order valence-corrected chi connectivity index (χ0v) is 10.8. The van der Waals surface area contributed by atoms with E-state index in [-0.39, 0.29) is 11.8 Å². The second kappa shape index (κ2) is 5.30. The minimum absolute atomic E-state index is 0.0681. The van der Waals surface area contributed by atoms with Gasteiger partial charge in [-0.15, -0.1) is 0 Å². The van der Waals surface area contributed by atoms with Crippen LogP contribution in [0.5, 0.6) is 5.75 Å². The highest BCUT2D eigenvalue weighted by molar-refractivity contribution is 5.37. The predicted molar refractivity (Wildman–Crippen MR) is 74.6 cm³/mol. The standard InChI is InChI=1S/C15H14N2O3/c18-17(19)12-5-7-13(8-6-12)20-15-10-16-9-11-3-1-2-4-14(11)15/h1-8,15-16H,9-10H2. The Bertz CT molecular complexity index is 625. The van der Waals surface area contributed by atoms with Gasteiger partial charge in [-0.05, 0) is 23.3 Å². The Morgan fingerprint density at radius 2 is 1.90 bits per heavy atom. The number of benzene rings is 2. The number of nitro groups is 1. The molecule has 1 heterocycles. The summed E-state index contributed by atoms with van der Waals surface area (Å²) in [6, 6.07) is 14.3. The number of nitrogens with zero attached hydrogens (tertiary/aromatic N) is 1. The van der Waals surface area contributed by atoms with E-state index in [1.54, 1.807) is 12.1 Å². The molecule has 1 atom stereocenters. The van der Waals surface area contributed by atoms with Crippen LogP contribution in [0.2, 0.25) is 0 Å². The molecule has 20 heavy (non-hydrogen) atoms. The number of nitrogens with one attached hydrogen (secondary N) is 1.